The van der Waals surface area contributed by atoms with E-state index in [0.717, 1.165) is 11.1 Å². The minimum absolute atomic E-state index is 0.201. The molecule has 0 bridgehead atoms. The third-order valence-electron chi connectivity index (χ3n) is 4.25. The smallest absolute Gasteiger partial charge is 0.169 e. The number of rotatable bonds is 3. The molecule has 1 fully saturated rings. The van der Waals surface area contributed by atoms with Crippen LogP contribution < -0.4 is 5.32 Å². The SMILES string of the molecule is CNC(c1cc2cccc(F)c2o1)C1CCCCC1. The van der Waals surface area contributed by atoms with Crippen molar-refractivity contribution in [3.05, 3.63) is 35.8 Å². The van der Waals surface area contributed by atoms with Crippen molar-refractivity contribution in [1.82, 2.24) is 5.32 Å². The van der Waals surface area contributed by atoms with Crippen LogP contribution in [0.1, 0.15) is 43.9 Å². The van der Waals surface area contributed by atoms with E-state index in [1.54, 1.807) is 6.07 Å². The second kappa shape index (κ2) is 5.33. The Balaban J connectivity index is 1.94. The first kappa shape index (κ1) is 12.7. The van der Waals surface area contributed by atoms with Gasteiger partial charge in [-0.1, -0.05) is 31.4 Å². The lowest BCUT2D eigenvalue weighted by molar-refractivity contribution is 0.256. The van der Waals surface area contributed by atoms with Crippen molar-refractivity contribution in [3.8, 4) is 0 Å². The Morgan fingerprint density at radius 1 is 1.26 bits per heavy atom. The lowest BCUT2D eigenvalue weighted by atomic mass is 9.83. The van der Waals surface area contributed by atoms with Gasteiger partial charge in [-0.05, 0) is 37.9 Å². The Kier molecular flexibility index (Phi) is 3.56. The molecule has 3 heteroatoms. The first-order valence-corrected chi connectivity index (χ1v) is 7.15. The highest BCUT2D eigenvalue weighted by atomic mass is 19.1. The van der Waals surface area contributed by atoms with E-state index in [-0.39, 0.29) is 11.9 Å². The van der Waals surface area contributed by atoms with Gasteiger partial charge in [-0.25, -0.2) is 4.39 Å². The third-order valence-corrected chi connectivity index (χ3v) is 4.25. The molecule has 1 N–H and O–H groups in total. The molecule has 0 saturated heterocycles. The maximum absolute atomic E-state index is 13.7. The second-order valence-corrected chi connectivity index (χ2v) is 5.47. The second-order valence-electron chi connectivity index (χ2n) is 5.47. The van der Waals surface area contributed by atoms with Crippen LogP contribution in [0.4, 0.5) is 4.39 Å². The Bertz CT molecular complexity index is 557. The van der Waals surface area contributed by atoms with E-state index in [0.29, 0.717) is 11.5 Å². The molecule has 0 amide bonds. The van der Waals surface area contributed by atoms with Gasteiger partial charge in [-0.2, -0.15) is 0 Å². The van der Waals surface area contributed by atoms with E-state index in [1.165, 1.54) is 38.2 Å². The first-order chi connectivity index (χ1) is 9.29. The lowest BCUT2D eigenvalue weighted by Crippen LogP contribution is -2.26. The highest BCUT2D eigenvalue weighted by molar-refractivity contribution is 5.78. The molecule has 1 unspecified atom stereocenters. The molecule has 1 aliphatic carbocycles. The fraction of sp³-hybridized carbons (Fsp3) is 0.500. The molecule has 1 aromatic heterocycles. The summed E-state index contributed by atoms with van der Waals surface area (Å²) in [4.78, 5) is 0. The molecule has 1 atom stereocenters. The van der Waals surface area contributed by atoms with Crippen LogP contribution in [0.2, 0.25) is 0 Å². The Labute approximate surface area is 113 Å². The van der Waals surface area contributed by atoms with Crippen LogP contribution in [0, 0.1) is 11.7 Å². The minimum atomic E-state index is -0.276. The number of furan rings is 1. The van der Waals surface area contributed by atoms with E-state index in [4.69, 9.17) is 4.42 Å². The van der Waals surface area contributed by atoms with Gasteiger partial charge in [0.15, 0.2) is 11.4 Å². The number of nitrogens with one attached hydrogen (secondary N) is 1. The molecule has 0 radical (unpaired) electrons. The maximum Gasteiger partial charge on any atom is 0.169 e. The highest BCUT2D eigenvalue weighted by Crippen LogP contribution is 2.36. The molecule has 3 rings (SSSR count). The summed E-state index contributed by atoms with van der Waals surface area (Å²) in [7, 11) is 1.96. The lowest BCUT2D eigenvalue weighted by Gasteiger charge is -2.28. The molecule has 1 heterocycles. The fourth-order valence-corrected chi connectivity index (χ4v) is 3.28. The number of halogens is 1. The van der Waals surface area contributed by atoms with Crippen LogP contribution in [-0.2, 0) is 0 Å². The van der Waals surface area contributed by atoms with Gasteiger partial charge < -0.3 is 9.73 Å². The number of hydrogen-bond donors (Lipinski definition) is 1. The number of hydrogen-bond acceptors (Lipinski definition) is 2. The summed E-state index contributed by atoms with van der Waals surface area (Å²) >= 11 is 0. The molecule has 0 spiro atoms. The van der Waals surface area contributed by atoms with Crippen LogP contribution in [0.25, 0.3) is 11.0 Å². The van der Waals surface area contributed by atoms with E-state index in [9.17, 15) is 4.39 Å². The van der Waals surface area contributed by atoms with Gasteiger partial charge in [-0.3, -0.25) is 0 Å². The molecule has 1 aliphatic rings. The van der Waals surface area contributed by atoms with Crippen molar-refractivity contribution in [2.45, 2.75) is 38.1 Å². The molecule has 2 aromatic rings. The van der Waals surface area contributed by atoms with E-state index in [1.807, 2.05) is 19.2 Å². The Hall–Kier alpha value is -1.35. The van der Waals surface area contributed by atoms with Crippen LogP contribution in [0.5, 0.6) is 0 Å². The average Bonchev–Trinajstić information content (AvgIpc) is 2.86. The quantitative estimate of drug-likeness (QED) is 0.885. The van der Waals surface area contributed by atoms with Crippen molar-refractivity contribution in [2.24, 2.45) is 5.92 Å². The van der Waals surface area contributed by atoms with Gasteiger partial charge in [0, 0.05) is 5.39 Å². The zero-order valence-corrected chi connectivity index (χ0v) is 11.3. The molecule has 19 heavy (non-hydrogen) atoms. The fourth-order valence-electron chi connectivity index (χ4n) is 3.28. The van der Waals surface area contributed by atoms with Gasteiger partial charge in [0.2, 0.25) is 0 Å². The molecule has 0 aliphatic heterocycles. The monoisotopic (exact) mass is 261 g/mol. The summed E-state index contributed by atoms with van der Waals surface area (Å²) < 4.78 is 19.5. The van der Waals surface area contributed by atoms with E-state index < -0.39 is 0 Å². The van der Waals surface area contributed by atoms with Crippen molar-refractivity contribution < 1.29 is 8.81 Å². The van der Waals surface area contributed by atoms with Crippen molar-refractivity contribution in [2.75, 3.05) is 7.05 Å². The van der Waals surface area contributed by atoms with Gasteiger partial charge in [0.1, 0.15) is 5.76 Å². The summed E-state index contributed by atoms with van der Waals surface area (Å²) in [6.07, 6.45) is 6.37. The Morgan fingerprint density at radius 3 is 2.74 bits per heavy atom. The van der Waals surface area contributed by atoms with E-state index in [2.05, 4.69) is 5.32 Å². The molecule has 102 valence electrons. The van der Waals surface area contributed by atoms with Crippen molar-refractivity contribution in [1.29, 1.82) is 0 Å². The predicted octanol–water partition coefficient (Wildman–Crippen LogP) is 4.41. The molecule has 1 aromatic carbocycles. The molecular formula is C16H20FNO. The summed E-state index contributed by atoms with van der Waals surface area (Å²) in [6, 6.07) is 7.26. The summed E-state index contributed by atoms with van der Waals surface area (Å²) in [5.74, 6) is 1.19. The highest BCUT2D eigenvalue weighted by Gasteiger charge is 2.26. The van der Waals surface area contributed by atoms with Crippen LogP contribution in [0.3, 0.4) is 0 Å². The summed E-state index contributed by atoms with van der Waals surface area (Å²) in [5, 5.41) is 4.21. The van der Waals surface area contributed by atoms with Gasteiger partial charge in [-0.15, -0.1) is 0 Å². The first-order valence-electron chi connectivity index (χ1n) is 7.15. The van der Waals surface area contributed by atoms with E-state index >= 15 is 0 Å². The standard InChI is InChI=1S/C16H20FNO/c1-18-15(11-6-3-2-4-7-11)14-10-12-8-5-9-13(17)16(12)19-14/h5,8-11,15,18H,2-4,6-7H2,1H3. The largest absolute Gasteiger partial charge is 0.456 e. The number of fused-ring (bicyclic) bond motifs is 1. The van der Waals surface area contributed by atoms with Crippen LogP contribution in [0.15, 0.2) is 28.7 Å². The zero-order chi connectivity index (χ0) is 13.2. The minimum Gasteiger partial charge on any atom is -0.456 e. The van der Waals surface area contributed by atoms with Crippen molar-refractivity contribution in [3.63, 3.8) is 0 Å². The predicted molar refractivity (Wildman–Crippen MR) is 74.5 cm³/mol. The summed E-state index contributed by atoms with van der Waals surface area (Å²) in [5.41, 5.74) is 0.383. The zero-order valence-electron chi connectivity index (χ0n) is 11.3. The maximum atomic E-state index is 13.7. The normalized spacial score (nSPS) is 18.8. The van der Waals surface area contributed by atoms with Gasteiger partial charge >= 0.3 is 0 Å². The van der Waals surface area contributed by atoms with Gasteiger partial charge in [0.25, 0.3) is 0 Å². The average molecular weight is 261 g/mol. The van der Waals surface area contributed by atoms with Crippen LogP contribution >= 0.6 is 0 Å². The topological polar surface area (TPSA) is 25.2 Å². The van der Waals surface area contributed by atoms with Crippen molar-refractivity contribution >= 4 is 11.0 Å². The molecule has 2 nitrogen and oxygen atoms in total. The van der Waals surface area contributed by atoms with Crippen LogP contribution in [-0.4, -0.2) is 7.05 Å². The Morgan fingerprint density at radius 2 is 2.05 bits per heavy atom. The molecule has 1 saturated carbocycles. The van der Waals surface area contributed by atoms with Gasteiger partial charge in [0.05, 0.1) is 6.04 Å². The molecular weight excluding hydrogens is 241 g/mol. The summed E-state index contributed by atoms with van der Waals surface area (Å²) in [6.45, 7) is 0. The number of para-hydroxylation sites is 1. The number of benzene rings is 1. The third kappa shape index (κ3) is 2.39.